The van der Waals surface area contributed by atoms with E-state index < -0.39 is 47.9 Å². The van der Waals surface area contributed by atoms with Crippen LogP contribution >= 0.6 is 23.5 Å². The minimum absolute atomic E-state index is 0.103. The van der Waals surface area contributed by atoms with Gasteiger partial charge in [0, 0.05) is 12.8 Å². The van der Waals surface area contributed by atoms with Crippen LogP contribution in [-0.2, 0) is 32.0 Å². The number of carboxylic acid groups (broad SMARTS) is 1. The van der Waals surface area contributed by atoms with Crippen molar-refractivity contribution in [3.05, 3.63) is 71.8 Å². The standard InChI is InChI=1S/C28H38N4O5S2/c1-38-15-13-21(29)25(33)31-23(17-19-9-5-3-6-10-19)27(35)30-22(14-16-39-2)26(34)32-24(28(36)37)18-20-11-7-4-8-12-20/h3-12,21-24H,13-18,29H2,1-2H3,(H,30,35)(H,31,33)(H,32,34)(H,36,37). The Labute approximate surface area is 238 Å². The molecule has 11 heteroatoms. The van der Waals surface area contributed by atoms with Crippen LogP contribution in [0.5, 0.6) is 0 Å². The second kappa shape index (κ2) is 17.5. The molecule has 4 atom stereocenters. The van der Waals surface area contributed by atoms with E-state index in [4.69, 9.17) is 5.73 Å². The summed E-state index contributed by atoms with van der Waals surface area (Å²) in [5.41, 5.74) is 7.62. The third kappa shape index (κ3) is 11.7. The van der Waals surface area contributed by atoms with Crippen LogP contribution in [-0.4, -0.2) is 77.0 Å². The zero-order valence-electron chi connectivity index (χ0n) is 22.3. The van der Waals surface area contributed by atoms with Crippen molar-refractivity contribution < 1.29 is 24.3 Å². The summed E-state index contributed by atoms with van der Waals surface area (Å²) in [6.45, 7) is 0. The number of amides is 3. The number of benzene rings is 2. The Kier molecular flexibility index (Phi) is 14.5. The average Bonchev–Trinajstić information content (AvgIpc) is 2.93. The molecule has 0 aliphatic heterocycles. The Morgan fingerprint density at radius 3 is 1.64 bits per heavy atom. The maximum Gasteiger partial charge on any atom is 0.326 e. The lowest BCUT2D eigenvalue weighted by Crippen LogP contribution is -2.58. The Morgan fingerprint density at radius 2 is 1.13 bits per heavy atom. The van der Waals surface area contributed by atoms with Crippen LogP contribution in [0.15, 0.2) is 60.7 Å². The number of aliphatic carboxylic acids is 1. The number of nitrogens with two attached hydrogens (primary N) is 1. The van der Waals surface area contributed by atoms with Crippen molar-refractivity contribution in [1.82, 2.24) is 16.0 Å². The molecule has 0 fully saturated rings. The smallest absolute Gasteiger partial charge is 0.326 e. The summed E-state index contributed by atoms with van der Waals surface area (Å²) in [4.78, 5) is 51.3. The lowest BCUT2D eigenvalue weighted by Gasteiger charge is -2.25. The van der Waals surface area contributed by atoms with Gasteiger partial charge in [-0.3, -0.25) is 14.4 Å². The fourth-order valence-electron chi connectivity index (χ4n) is 3.81. The highest BCUT2D eigenvalue weighted by atomic mass is 32.2. The maximum atomic E-state index is 13.4. The van der Waals surface area contributed by atoms with Gasteiger partial charge in [0.25, 0.3) is 0 Å². The largest absolute Gasteiger partial charge is 0.480 e. The van der Waals surface area contributed by atoms with Gasteiger partial charge >= 0.3 is 5.97 Å². The fourth-order valence-corrected chi connectivity index (χ4v) is 4.77. The summed E-state index contributed by atoms with van der Waals surface area (Å²) in [5.74, 6) is -1.49. The third-order valence-corrected chi connectivity index (χ3v) is 7.31. The van der Waals surface area contributed by atoms with Gasteiger partial charge in [-0.25, -0.2) is 4.79 Å². The molecule has 0 saturated carbocycles. The van der Waals surface area contributed by atoms with E-state index in [-0.39, 0.29) is 19.3 Å². The Balaban J connectivity index is 2.18. The lowest BCUT2D eigenvalue weighted by molar-refractivity contribution is -0.142. The molecule has 9 nitrogen and oxygen atoms in total. The average molecular weight is 575 g/mol. The highest BCUT2D eigenvalue weighted by Crippen LogP contribution is 2.09. The number of nitrogens with one attached hydrogen (secondary N) is 3. The maximum absolute atomic E-state index is 13.4. The Morgan fingerprint density at radius 1 is 0.692 bits per heavy atom. The molecule has 2 rings (SSSR count). The number of carbonyl (C=O) groups excluding carboxylic acids is 3. The van der Waals surface area contributed by atoms with E-state index in [1.165, 1.54) is 11.8 Å². The molecule has 2 aromatic carbocycles. The molecule has 0 bridgehead atoms. The molecule has 0 saturated heterocycles. The van der Waals surface area contributed by atoms with Crippen molar-refractivity contribution in [1.29, 1.82) is 0 Å². The molecule has 3 amide bonds. The van der Waals surface area contributed by atoms with Crippen LogP contribution in [0.3, 0.4) is 0 Å². The SMILES string of the molecule is CSCCC(N)C(=O)NC(Cc1ccccc1)C(=O)NC(CCSC)C(=O)NC(Cc1ccccc1)C(=O)O. The molecule has 212 valence electrons. The van der Waals surface area contributed by atoms with Crippen molar-refractivity contribution in [2.75, 3.05) is 24.0 Å². The van der Waals surface area contributed by atoms with Crippen LogP contribution < -0.4 is 21.7 Å². The second-order valence-electron chi connectivity index (χ2n) is 9.07. The number of carbonyl (C=O) groups is 4. The van der Waals surface area contributed by atoms with E-state index in [9.17, 15) is 24.3 Å². The van der Waals surface area contributed by atoms with Crippen molar-refractivity contribution in [3.63, 3.8) is 0 Å². The first-order valence-electron chi connectivity index (χ1n) is 12.7. The van der Waals surface area contributed by atoms with Gasteiger partial charge in [0.2, 0.25) is 17.7 Å². The molecule has 0 aromatic heterocycles. The minimum atomic E-state index is -1.17. The van der Waals surface area contributed by atoms with E-state index in [2.05, 4.69) is 16.0 Å². The van der Waals surface area contributed by atoms with Crippen molar-refractivity contribution in [2.24, 2.45) is 5.73 Å². The molecule has 2 aromatic rings. The summed E-state index contributed by atoms with van der Waals surface area (Å²) in [6, 6.07) is 14.3. The van der Waals surface area contributed by atoms with E-state index >= 15 is 0 Å². The first-order valence-corrected chi connectivity index (χ1v) is 15.5. The summed E-state index contributed by atoms with van der Waals surface area (Å²) in [6.07, 6.45) is 4.85. The normalized spacial score (nSPS) is 13.9. The van der Waals surface area contributed by atoms with Gasteiger partial charge in [0.15, 0.2) is 0 Å². The predicted molar refractivity (Wildman–Crippen MR) is 158 cm³/mol. The monoisotopic (exact) mass is 574 g/mol. The van der Waals surface area contributed by atoms with Crippen LogP contribution in [0.25, 0.3) is 0 Å². The third-order valence-electron chi connectivity index (χ3n) is 6.03. The van der Waals surface area contributed by atoms with E-state index in [0.717, 1.165) is 11.1 Å². The molecular formula is C28H38N4O5S2. The number of carboxylic acids is 1. The second-order valence-corrected chi connectivity index (χ2v) is 11.0. The van der Waals surface area contributed by atoms with Crippen molar-refractivity contribution >= 4 is 47.2 Å². The van der Waals surface area contributed by atoms with Crippen LogP contribution in [0.1, 0.15) is 24.0 Å². The van der Waals surface area contributed by atoms with Gasteiger partial charge in [0.1, 0.15) is 18.1 Å². The van der Waals surface area contributed by atoms with Crippen LogP contribution in [0.4, 0.5) is 0 Å². The summed E-state index contributed by atoms with van der Waals surface area (Å²) in [7, 11) is 0. The number of hydrogen-bond donors (Lipinski definition) is 5. The van der Waals surface area contributed by atoms with Gasteiger partial charge in [-0.2, -0.15) is 23.5 Å². The minimum Gasteiger partial charge on any atom is -0.480 e. The molecule has 0 radical (unpaired) electrons. The summed E-state index contributed by atoms with van der Waals surface area (Å²) < 4.78 is 0. The van der Waals surface area contributed by atoms with E-state index in [0.29, 0.717) is 17.9 Å². The zero-order valence-corrected chi connectivity index (χ0v) is 23.9. The lowest BCUT2D eigenvalue weighted by atomic mass is 10.0. The van der Waals surface area contributed by atoms with Gasteiger partial charge < -0.3 is 26.8 Å². The highest BCUT2D eigenvalue weighted by molar-refractivity contribution is 7.98. The molecule has 0 aliphatic carbocycles. The zero-order chi connectivity index (χ0) is 28.6. The first-order chi connectivity index (χ1) is 18.7. The molecule has 4 unspecified atom stereocenters. The number of rotatable bonds is 17. The van der Waals surface area contributed by atoms with E-state index in [1.807, 2.05) is 48.9 Å². The molecule has 0 heterocycles. The van der Waals surface area contributed by atoms with Crippen LogP contribution in [0.2, 0.25) is 0 Å². The number of hydrogen-bond acceptors (Lipinski definition) is 7. The van der Waals surface area contributed by atoms with Gasteiger partial charge in [0.05, 0.1) is 6.04 Å². The molecule has 39 heavy (non-hydrogen) atoms. The van der Waals surface area contributed by atoms with Crippen molar-refractivity contribution in [3.8, 4) is 0 Å². The molecule has 6 N–H and O–H groups in total. The molecule has 0 aliphatic rings. The number of thioether (sulfide) groups is 2. The fraction of sp³-hybridized carbons (Fsp3) is 0.429. The predicted octanol–water partition coefficient (Wildman–Crippen LogP) is 1.84. The van der Waals surface area contributed by atoms with Gasteiger partial charge in [-0.15, -0.1) is 0 Å². The summed E-state index contributed by atoms with van der Waals surface area (Å²) in [5, 5.41) is 17.8. The highest BCUT2D eigenvalue weighted by Gasteiger charge is 2.30. The quantitative estimate of drug-likeness (QED) is 0.192. The Bertz CT molecular complexity index is 1060. The van der Waals surface area contributed by atoms with E-state index in [1.54, 1.807) is 36.0 Å². The van der Waals surface area contributed by atoms with Gasteiger partial charge in [-0.05, 0) is 48.0 Å². The van der Waals surface area contributed by atoms with Crippen LogP contribution in [0, 0.1) is 0 Å². The first kappa shape index (κ1) is 32.2. The Hall–Kier alpha value is -3.02. The molecular weight excluding hydrogens is 536 g/mol. The van der Waals surface area contributed by atoms with Crippen molar-refractivity contribution in [2.45, 2.75) is 49.9 Å². The molecule has 0 spiro atoms. The summed E-state index contributed by atoms with van der Waals surface area (Å²) >= 11 is 3.07. The topological polar surface area (TPSA) is 151 Å². The van der Waals surface area contributed by atoms with Gasteiger partial charge in [-0.1, -0.05) is 60.7 Å².